The minimum Gasteiger partial charge on any atom is -0.405 e. The Hall–Kier alpha value is -1.01. The van der Waals surface area contributed by atoms with Crippen LogP contribution in [0.1, 0.15) is 12.7 Å². The molecule has 1 heterocycles. The zero-order valence-corrected chi connectivity index (χ0v) is 8.49. The van der Waals surface area contributed by atoms with E-state index in [0.29, 0.717) is 11.5 Å². The van der Waals surface area contributed by atoms with Crippen molar-refractivity contribution in [2.24, 2.45) is 0 Å². The van der Waals surface area contributed by atoms with Crippen LogP contribution >= 0.6 is 11.8 Å². The molecule has 5 nitrogen and oxygen atoms in total. The second kappa shape index (κ2) is 5.02. The highest BCUT2D eigenvalue weighted by Crippen LogP contribution is 2.22. The molecule has 14 heavy (non-hydrogen) atoms. The minimum absolute atomic E-state index is 0.0907. The maximum absolute atomic E-state index is 10.3. The van der Waals surface area contributed by atoms with Crippen LogP contribution < -0.4 is 0 Å². The fourth-order valence-electron chi connectivity index (χ4n) is 0.819. The van der Waals surface area contributed by atoms with Crippen molar-refractivity contribution in [3.8, 4) is 0 Å². The van der Waals surface area contributed by atoms with Crippen LogP contribution in [0.15, 0.2) is 16.5 Å². The monoisotopic (exact) mass is 217 g/mol. The number of hydrogen-bond donors (Lipinski definition) is 1. The Labute approximate surface area is 85.3 Å². The van der Waals surface area contributed by atoms with Crippen LogP contribution in [0.3, 0.4) is 0 Å². The number of thioether (sulfide) groups is 1. The minimum atomic E-state index is -0.566. The topological polar surface area (TPSA) is 76.5 Å². The smallest absolute Gasteiger partial charge is 0.405 e. The van der Waals surface area contributed by atoms with Gasteiger partial charge in [0, 0.05) is 5.25 Å². The summed E-state index contributed by atoms with van der Waals surface area (Å²) in [5, 5.41) is 19.1. The molecule has 6 heteroatoms. The molecule has 1 aromatic heterocycles. The second-order valence-corrected chi connectivity index (χ2v) is 4.23. The molecule has 1 unspecified atom stereocenters. The van der Waals surface area contributed by atoms with E-state index < -0.39 is 4.92 Å². The van der Waals surface area contributed by atoms with Crippen molar-refractivity contribution in [1.82, 2.24) is 0 Å². The standard InChI is InChI=1S/C8H11NO4S/c1-6(4-10)14-5-7-2-3-8(13-7)9(11)12/h2-3,6,10H,4-5H2,1H3. The van der Waals surface area contributed by atoms with Crippen LogP contribution in [-0.4, -0.2) is 21.9 Å². The molecule has 0 aliphatic rings. The Bertz CT molecular complexity index is 312. The molecule has 1 aromatic rings. The molecule has 0 aliphatic heterocycles. The van der Waals surface area contributed by atoms with Crippen LogP contribution in [0.4, 0.5) is 5.88 Å². The molecule has 0 saturated carbocycles. The first kappa shape index (κ1) is 11.1. The summed E-state index contributed by atoms with van der Waals surface area (Å²) >= 11 is 1.49. The van der Waals surface area contributed by atoms with Gasteiger partial charge in [-0.25, -0.2) is 0 Å². The molecule has 0 aliphatic carbocycles. The Kier molecular flexibility index (Phi) is 3.97. The fraction of sp³-hybridized carbons (Fsp3) is 0.500. The van der Waals surface area contributed by atoms with Crippen LogP contribution in [0.2, 0.25) is 0 Å². The number of furan rings is 1. The van der Waals surface area contributed by atoms with Crippen molar-refractivity contribution in [3.05, 3.63) is 28.0 Å². The molecule has 1 atom stereocenters. The number of nitro groups is 1. The first-order chi connectivity index (χ1) is 6.63. The number of nitrogens with zero attached hydrogens (tertiary/aromatic N) is 1. The van der Waals surface area contributed by atoms with Crippen molar-refractivity contribution in [2.45, 2.75) is 17.9 Å². The van der Waals surface area contributed by atoms with Crippen LogP contribution in [0.25, 0.3) is 0 Å². The van der Waals surface area contributed by atoms with E-state index >= 15 is 0 Å². The number of aliphatic hydroxyl groups is 1. The maximum atomic E-state index is 10.3. The largest absolute Gasteiger partial charge is 0.433 e. The molecule has 78 valence electrons. The van der Waals surface area contributed by atoms with Crippen LogP contribution in [0.5, 0.6) is 0 Å². The van der Waals surface area contributed by atoms with E-state index in [1.807, 2.05) is 6.92 Å². The van der Waals surface area contributed by atoms with E-state index in [1.165, 1.54) is 17.8 Å². The predicted molar refractivity (Wildman–Crippen MR) is 53.2 cm³/mol. The number of rotatable bonds is 5. The van der Waals surface area contributed by atoms with Gasteiger partial charge in [0.1, 0.15) is 10.7 Å². The van der Waals surface area contributed by atoms with Gasteiger partial charge in [-0.1, -0.05) is 6.92 Å². The summed E-state index contributed by atoms with van der Waals surface area (Å²) < 4.78 is 4.94. The maximum Gasteiger partial charge on any atom is 0.433 e. The summed E-state index contributed by atoms with van der Waals surface area (Å²) in [5.41, 5.74) is 0. The SMILES string of the molecule is CC(CO)SCc1ccc([N+](=O)[O-])o1. The first-order valence-electron chi connectivity index (χ1n) is 4.09. The summed E-state index contributed by atoms with van der Waals surface area (Å²) in [6, 6.07) is 2.91. The molecular formula is C8H11NO4S. The van der Waals surface area contributed by atoms with Crippen molar-refractivity contribution >= 4 is 17.6 Å². The molecule has 0 radical (unpaired) electrons. The van der Waals surface area contributed by atoms with Crippen molar-refractivity contribution in [1.29, 1.82) is 0 Å². The quantitative estimate of drug-likeness (QED) is 0.601. The summed E-state index contributed by atoms with van der Waals surface area (Å²) in [7, 11) is 0. The molecule has 1 rings (SSSR count). The first-order valence-corrected chi connectivity index (χ1v) is 5.14. The van der Waals surface area contributed by atoms with Gasteiger partial charge in [-0.05, 0) is 6.07 Å². The van der Waals surface area contributed by atoms with Crippen LogP contribution in [-0.2, 0) is 5.75 Å². The third-order valence-electron chi connectivity index (χ3n) is 1.59. The van der Waals surface area contributed by atoms with E-state index in [1.54, 1.807) is 6.07 Å². The summed E-state index contributed by atoms with van der Waals surface area (Å²) in [4.78, 5) is 9.71. The van der Waals surface area contributed by atoms with Crippen molar-refractivity contribution in [2.75, 3.05) is 6.61 Å². The normalized spacial score (nSPS) is 12.7. The molecule has 0 bridgehead atoms. The fourth-order valence-corrected chi connectivity index (χ4v) is 1.53. The summed E-state index contributed by atoms with van der Waals surface area (Å²) in [6.07, 6.45) is 0. The Morgan fingerprint density at radius 2 is 2.43 bits per heavy atom. The van der Waals surface area contributed by atoms with E-state index in [4.69, 9.17) is 9.52 Å². The highest BCUT2D eigenvalue weighted by atomic mass is 32.2. The lowest BCUT2D eigenvalue weighted by Crippen LogP contribution is -2.01. The van der Waals surface area contributed by atoms with Crippen molar-refractivity contribution in [3.63, 3.8) is 0 Å². The zero-order chi connectivity index (χ0) is 10.6. The highest BCUT2D eigenvalue weighted by Gasteiger charge is 2.12. The predicted octanol–water partition coefficient (Wildman–Crippen LogP) is 1.80. The molecular weight excluding hydrogens is 206 g/mol. The van der Waals surface area contributed by atoms with Gasteiger partial charge in [-0.15, -0.1) is 11.8 Å². The lowest BCUT2D eigenvalue weighted by molar-refractivity contribution is -0.402. The highest BCUT2D eigenvalue weighted by molar-refractivity contribution is 7.99. The Morgan fingerprint density at radius 1 is 1.71 bits per heavy atom. The zero-order valence-electron chi connectivity index (χ0n) is 7.67. The third kappa shape index (κ3) is 3.04. The summed E-state index contributed by atoms with van der Waals surface area (Å²) in [6.45, 7) is 1.97. The molecule has 1 N–H and O–H groups in total. The molecule has 0 fully saturated rings. The van der Waals surface area contributed by atoms with Gasteiger partial charge in [-0.2, -0.15) is 0 Å². The van der Waals surface area contributed by atoms with E-state index in [2.05, 4.69) is 0 Å². The van der Waals surface area contributed by atoms with Gasteiger partial charge in [0.05, 0.1) is 18.4 Å². The van der Waals surface area contributed by atoms with E-state index in [-0.39, 0.29) is 17.7 Å². The van der Waals surface area contributed by atoms with Gasteiger partial charge in [0.15, 0.2) is 0 Å². The third-order valence-corrected chi connectivity index (χ3v) is 2.76. The van der Waals surface area contributed by atoms with Gasteiger partial charge in [0.2, 0.25) is 0 Å². The van der Waals surface area contributed by atoms with Crippen molar-refractivity contribution < 1.29 is 14.4 Å². The molecule has 0 amide bonds. The average Bonchev–Trinajstić information content (AvgIpc) is 2.62. The van der Waals surface area contributed by atoms with Gasteiger partial charge in [0.25, 0.3) is 0 Å². The second-order valence-electron chi connectivity index (χ2n) is 2.80. The Balaban J connectivity index is 2.48. The number of hydrogen-bond acceptors (Lipinski definition) is 5. The molecule has 0 spiro atoms. The van der Waals surface area contributed by atoms with E-state index in [9.17, 15) is 10.1 Å². The lowest BCUT2D eigenvalue weighted by atomic mass is 10.5. The average molecular weight is 217 g/mol. The lowest BCUT2D eigenvalue weighted by Gasteiger charge is -2.04. The van der Waals surface area contributed by atoms with Gasteiger partial charge >= 0.3 is 5.88 Å². The molecule has 0 aromatic carbocycles. The van der Waals surface area contributed by atoms with E-state index in [0.717, 1.165) is 0 Å². The van der Waals surface area contributed by atoms with Gasteiger partial charge < -0.3 is 9.52 Å². The molecule has 0 saturated heterocycles. The Morgan fingerprint density at radius 3 is 2.93 bits per heavy atom. The van der Waals surface area contributed by atoms with Gasteiger partial charge in [-0.3, -0.25) is 10.1 Å². The van der Waals surface area contributed by atoms with Crippen LogP contribution in [0, 0.1) is 10.1 Å². The summed E-state index contributed by atoms with van der Waals surface area (Å²) in [5.74, 6) is 0.856. The number of aliphatic hydroxyl groups excluding tert-OH is 1.